The molecule has 3 heterocycles. The lowest BCUT2D eigenvalue weighted by Gasteiger charge is -2.33. The minimum absolute atomic E-state index is 0.00707. The van der Waals surface area contributed by atoms with Gasteiger partial charge >= 0.3 is 5.97 Å². The predicted molar refractivity (Wildman–Crippen MR) is 126 cm³/mol. The maximum absolute atomic E-state index is 11.0. The Kier molecular flexibility index (Phi) is 6.81. The van der Waals surface area contributed by atoms with Crippen LogP contribution >= 0.6 is 0 Å². The first-order chi connectivity index (χ1) is 15.5. The predicted octanol–water partition coefficient (Wildman–Crippen LogP) is 3.88. The van der Waals surface area contributed by atoms with Crippen LogP contribution in [0, 0.1) is 19.8 Å². The number of hydrogen-bond donors (Lipinski definition) is 3. The van der Waals surface area contributed by atoms with Crippen molar-refractivity contribution in [3.8, 4) is 0 Å². The Bertz CT molecular complexity index is 1080. The molecule has 6 nitrogen and oxygen atoms in total. The molecule has 0 spiro atoms. The average Bonchev–Trinajstić information content (AvgIpc) is 2.78. The number of pyridine rings is 2. The van der Waals surface area contributed by atoms with Crippen molar-refractivity contribution in [2.24, 2.45) is 5.92 Å². The van der Waals surface area contributed by atoms with Crippen molar-refractivity contribution in [1.29, 1.82) is 0 Å². The van der Waals surface area contributed by atoms with Crippen molar-refractivity contribution in [2.75, 3.05) is 18.4 Å². The average molecular weight is 431 g/mol. The summed E-state index contributed by atoms with van der Waals surface area (Å²) in [5.74, 6) is -0.507. The third-order valence-corrected chi connectivity index (χ3v) is 6.14. The molecular formula is C26H30N4O2. The van der Waals surface area contributed by atoms with Gasteiger partial charge in [-0.3, -0.25) is 14.8 Å². The highest BCUT2D eigenvalue weighted by Gasteiger charge is 2.28. The molecule has 4 rings (SSSR count). The zero-order valence-corrected chi connectivity index (χ0v) is 18.6. The molecule has 0 saturated heterocycles. The van der Waals surface area contributed by atoms with Gasteiger partial charge in [0.15, 0.2) is 0 Å². The number of nitrogens with one attached hydrogen (secondary N) is 2. The minimum Gasteiger partial charge on any atom is -0.481 e. The van der Waals surface area contributed by atoms with Gasteiger partial charge in [-0.25, -0.2) is 0 Å². The number of rotatable bonds is 8. The molecule has 166 valence electrons. The van der Waals surface area contributed by atoms with Gasteiger partial charge < -0.3 is 15.7 Å². The molecule has 6 heteroatoms. The van der Waals surface area contributed by atoms with Crippen LogP contribution in [0.15, 0.2) is 54.9 Å². The summed E-state index contributed by atoms with van der Waals surface area (Å²) < 4.78 is 0. The second kappa shape index (κ2) is 9.92. The zero-order chi connectivity index (χ0) is 22.5. The lowest BCUT2D eigenvalue weighted by molar-refractivity contribution is -0.136. The van der Waals surface area contributed by atoms with Gasteiger partial charge in [0.1, 0.15) is 0 Å². The Balaban J connectivity index is 1.48. The summed E-state index contributed by atoms with van der Waals surface area (Å²) in [4.78, 5) is 20.1. The monoisotopic (exact) mass is 430 g/mol. The molecule has 1 aromatic carbocycles. The number of aromatic nitrogens is 2. The molecule has 0 amide bonds. The number of carboxylic acid groups (broad SMARTS) is 1. The largest absolute Gasteiger partial charge is 0.481 e. The van der Waals surface area contributed by atoms with Crippen LogP contribution in [0.25, 0.3) is 0 Å². The van der Waals surface area contributed by atoms with Crippen LogP contribution in [-0.4, -0.2) is 34.1 Å². The van der Waals surface area contributed by atoms with Gasteiger partial charge in [0, 0.05) is 36.6 Å². The number of aryl methyl sites for hydroxylation is 2. The Morgan fingerprint density at radius 3 is 2.75 bits per heavy atom. The van der Waals surface area contributed by atoms with Crippen molar-refractivity contribution < 1.29 is 9.90 Å². The van der Waals surface area contributed by atoms with Gasteiger partial charge in [0.2, 0.25) is 0 Å². The second-order valence-electron chi connectivity index (χ2n) is 8.60. The van der Waals surface area contributed by atoms with Gasteiger partial charge in [-0.2, -0.15) is 0 Å². The van der Waals surface area contributed by atoms with Gasteiger partial charge in [-0.1, -0.05) is 30.3 Å². The van der Waals surface area contributed by atoms with Crippen LogP contribution in [0.3, 0.4) is 0 Å². The van der Waals surface area contributed by atoms with Gasteiger partial charge in [0.05, 0.1) is 17.8 Å². The van der Waals surface area contributed by atoms with Crippen molar-refractivity contribution in [1.82, 2.24) is 15.3 Å². The summed E-state index contributed by atoms with van der Waals surface area (Å²) in [5.41, 5.74) is 7.54. The molecule has 1 aliphatic heterocycles. The van der Waals surface area contributed by atoms with E-state index in [1.54, 1.807) is 6.20 Å². The number of carboxylic acids is 1. The summed E-state index contributed by atoms with van der Waals surface area (Å²) in [7, 11) is 0. The van der Waals surface area contributed by atoms with E-state index in [2.05, 4.69) is 57.9 Å². The van der Waals surface area contributed by atoms with Gasteiger partial charge in [0.25, 0.3) is 0 Å². The molecule has 0 aliphatic carbocycles. The molecule has 0 saturated carbocycles. The fourth-order valence-corrected chi connectivity index (χ4v) is 4.49. The van der Waals surface area contributed by atoms with E-state index in [9.17, 15) is 4.79 Å². The lowest BCUT2D eigenvalue weighted by atomic mass is 9.86. The lowest BCUT2D eigenvalue weighted by Crippen LogP contribution is -2.37. The summed E-state index contributed by atoms with van der Waals surface area (Å²) in [6.07, 6.45) is 5.44. The van der Waals surface area contributed by atoms with Gasteiger partial charge in [-0.15, -0.1) is 0 Å². The fourth-order valence-electron chi connectivity index (χ4n) is 4.49. The third-order valence-electron chi connectivity index (χ3n) is 6.14. The molecular weight excluding hydrogens is 400 g/mol. The Labute approximate surface area is 189 Å². The van der Waals surface area contributed by atoms with Crippen LogP contribution in [-0.2, 0) is 24.1 Å². The standard InChI is InChI=1S/C26H30N4O2/c1-17-10-18(2)28-15-21(17)8-9-27-26(20-6-4-3-5-7-20)22-13-24-23(30-16-22)11-19(14-29-24)12-25(31)32/h3-7,10-11,14-15,22,26-27,30H,8-9,12-13,16H2,1-2H3,(H,31,32)/t22-,26-/m1/s1. The van der Waals surface area contributed by atoms with Crippen LogP contribution in [0.2, 0.25) is 0 Å². The van der Waals surface area contributed by atoms with E-state index in [-0.39, 0.29) is 12.5 Å². The van der Waals surface area contributed by atoms with E-state index in [0.29, 0.717) is 5.92 Å². The summed E-state index contributed by atoms with van der Waals surface area (Å²) in [5, 5.41) is 16.3. The number of nitrogens with zero attached hydrogens (tertiary/aromatic N) is 2. The Hall–Kier alpha value is -3.25. The SMILES string of the molecule is Cc1cc(C)c(CCN[C@H](c2ccccc2)[C@H]2CNc3cc(CC(=O)O)cnc3C2)cn1. The quantitative estimate of drug-likeness (QED) is 0.503. The third kappa shape index (κ3) is 5.32. The number of hydrogen-bond acceptors (Lipinski definition) is 5. The normalized spacial score (nSPS) is 16.1. The highest BCUT2D eigenvalue weighted by molar-refractivity contribution is 5.71. The molecule has 0 bridgehead atoms. The van der Waals surface area contributed by atoms with E-state index in [4.69, 9.17) is 5.11 Å². The molecule has 0 fully saturated rings. The number of aliphatic carboxylic acids is 1. The molecule has 1 aliphatic rings. The molecule has 3 aromatic rings. The number of anilines is 1. The summed E-state index contributed by atoms with van der Waals surface area (Å²) in [6.45, 7) is 5.83. The molecule has 0 unspecified atom stereocenters. The second-order valence-corrected chi connectivity index (χ2v) is 8.60. The summed E-state index contributed by atoms with van der Waals surface area (Å²) >= 11 is 0. The molecule has 0 radical (unpaired) electrons. The Morgan fingerprint density at radius 2 is 2.00 bits per heavy atom. The van der Waals surface area contributed by atoms with Crippen LogP contribution in [0.4, 0.5) is 5.69 Å². The van der Waals surface area contributed by atoms with E-state index in [1.165, 1.54) is 16.7 Å². The minimum atomic E-state index is -0.840. The maximum atomic E-state index is 11.0. The fraction of sp³-hybridized carbons (Fsp3) is 0.346. The first kappa shape index (κ1) is 22.0. The number of carbonyl (C=O) groups is 1. The molecule has 3 N–H and O–H groups in total. The van der Waals surface area contributed by atoms with Gasteiger partial charge in [-0.05, 0) is 67.6 Å². The number of fused-ring (bicyclic) bond motifs is 1. The maximum Gasteiger partial charge on any atom is 0.307 e. The molecule has 2 atom stereocenters. The molecule has 32 heavy (non-hydrogen) atoms. The van der Waals surface area contributed by atoms with Crippen LogP contribution in [0.1, 0.15) is 39.7 Å². The van der Waals surface area contributed by atoms with Crippen LogP contribution < -0.4 is 10.6 Å². The number of benzene rings is 1. The van der Waals surface area contributed by atoms with E-state index in [1.807, 2.05) is 25.3 Å². The van der Waals surface area contributed by atoms with E-state index >= 15 is 0 Å². The highest BCUT2D eigenvalue weighted by atomic mass is 16.4. The highest BCUT2D eigenvalue weighted by Crippen LogP contribution is 2.32. The topological polar surface area (TPSA) is 87.1 Å². The first-order valence-corrected chi connectivity index (χ1v) is 11.1. The zero-order valence-electron chi connectivity index (χ0n) is 18.6. The first-order valence-electron chi connectivity index (χ1n) is 11.1. The van der Waals surface area contributed by atoms with Crippen molar-refractivity contribution >= 4 is 11.7 Å². The van der Waals surface area contributed by atoms with Crippen molar-refractivity contribution in [3.63, 3.8) is 0 Å². The summed E-state index contributed by atoms with van der Waals surface area (Å²) in [6, 6.07) is 14.8. The Morgan fingerprint density at radius 1 is 1.19 bits per heavy atom. The smallest absolute Gasteiger partial charge is 0.307 e. The molecule has 2 aromatic heterocycles. The van der Waals surface area contributed by atoms with E-state index < -0.39 is 5.97 Å². The van der Waals surface area contributed by atoms with Crippen molar-refractivity contribution in [2.45, 2.75) is 39.2 Å². The van der Waals surface area contributed by atoms with Crippen molar-refractivity contribution in [3.05, 3.63) is 88.5 Å². The van der Waals surface area contributed by atoms with E-state index in [0.717, 1.165) is 48.6 Å². The van der Waals surface area contributed by atoms with Crippen LogP contribution in [0.5, 0.6) is 0 Å².